The third kappa shape index (κ3) is 2.01. The van der Waals surface area contributed by atoms with Crippen molar-refractivity contribution in [3.8, 4) is 0 Å². The van der Waals surface area contributed by atoms with E-state index in [0.29, 0.717) is 5.56 Å². The standard InChI is InChI=1S/C9H11N3O2/c1-6-2-4-7(5-3-6)8(11-13)9(10)12-14/h2-5,13-14H,1H3,(H2,10,12)/b11-8-. The van der Waals surface area contributed by atoms with Crippen molar-refractivity contribution < 1.29 is 10.4 Å². The Morgan fingerprint density at radius 1 is 1.14 bits per heavy atom. The Morgan fingerprint density at radius 3 is 2.14 bits per heavy atom. The zero-order valence-electron chi connectivity index (χ0n) is 7.68. The maximum absolute atomic E-state index is 8.67. The lowest BCUT2D eigenvalue weighted by molar-refractivity contribution is 0.314. The summed E-state index contributed by atoms with van der Waals surface area (Å²) in [6, 6.07) is 7.13. The summed E-state index contributed by atoms with van der Waals surface area (Å²) in [6.45, 7) is 1.93. The number of hydrogen-bond acceptors (Lipinski definition) is 4. The number of benzene rings is 1. The lowest BCUT2D eigenvalue weighted by Gasteiger charge is -2.02. The van der Waals surface area contributed by atoms with Crippen molar-refractivity contribution >= 4 is 11.5 Å². The van der Waals surface area contributed by atoms with Crippen LogP contribution in [0.5, 0.6) is 0 Å². The second kappa shape index (κ2) is 4.27. The zero-order chi connectivity index (χ0) is 10.6. The molecule has 4 N–H and O–H groups in total. The number of nitrogens with zero attached hydrogens (tertiary/aromatic N) is 2. The van der Waals surface area contributed by atoms with Crippen molar-refractivity contribution in [3.63, 3.8) is 0 Å². The van der Waals surface area contributed by atoms with E-state index in [2.05, 4.69) is 10.3 Å². The predicted octanol–water partition coefficient (Wildman–Crippen LogP) is 0.920. The number of rotatable bonds is 2. The van der Waals surface area contributed by atoms with Gasteiger partial charge in [-0.05, 0) is 6.92 Å². The normalized spacial score (nSPS) is 12.9. The lowest BCUT2D eigenvalue weighted by atomic mass is 10.1. The SMILES string of the molecule is Cc1ccc(C(=N/O)/C(N)=N\O)cc1. The summed E-state index contributed by atoms with van der Waals surface area (Å²) in [7, 11) is 0. The highest BCUT2D eigenvalue weighted by atomic mass is 16.4. The van der Waals surface area contributed by atoms with Gasteiger partial charge in [0.1, 0.15) is 0 Å². The molecule has 0 saturated carbocycles. The molecule has 0 bridgehead atoms. The van der Waals surface area contributed by atoms with Gasteiger partial charge in [0.25, 0.3) is 0 Å². The van der Waals surface area contributed by atoms with Crippen molar-refractivity contribution in [2.45, 2.75) is 6.92 Å². The highest BCUT2D eigenvalue weighted by molar-refractivity contribution is 6.46. The molecule has 0 heterocycles. The smallest absolute Gasteiger partial charge is 0.192 e. The van der Waals surface area contributed by atoms with Gasteiger partial charge in [-0.3, -0.25) is 0 Å². The van der Waals surface area contributed by atoms with E-state index in [-0.39, 0.29) is 11.5 Å². The van der Waals surface area contributed by atoms with Crippen molar-refractivity contribution in [3.05, 3.63) is 35.4 Å². The molecule has 1 rings (SSSR count). The predicted molar refractivity (Wildman–Crippen MR) is 52.9 cm³/mol. The van der Waals surface area contributed by atoms with Crippen molar-refractivity contribution in [2.24, 2.45) is 16.0 Å². The fourth-order valence-electron chi connectivity index (χ4n) is 1.02. The Labute approximate surface area is 81.2 Å². The molecule has 0 spiro atoms. The molecule has 0 saturated heterocycles. The molecule has 5 nitrogen and oxygen atoms in total. The van der Waals surface area contributed by atoms with Crippen LogP contribution in [0.15, 0.2) is 34.6 Å². The molecule has 74 valence electrons. The molecular formula is C9H11N3O2. The van der Waals surface area contributed by atoms with Crippen LogP contribution in [0.2, 0.25) is 0 Å². The van der Waals surface area contributed by atoms with Gasteiger partial charge in [0, 0.05) is 5.56 Å². The molecule has 5 heteroatoms. The number of aryl methyl sites for hydroxylation is 1. The molecule has 0 aliphatic carbocycles. The summed E-state index contributed by atoms with van der Waals surface area (Å²) >= 11 is 0. The van der Waals surface area contributed by atoms with Gasteiger partial charge in [0.05, 0.1) is 0 Å². The summed E-state index contributed by atoms with van der Waals surface area (Å²) < 4.78 is 0. The van der Waals surface area contributed by atoms with Crippen LogP contribution in [0.3, 0.4) is 0 Å². The quantitative estimate of drug-likeness (QED) is 0.282. The van der Waals surface area contributed by atoms with Crippen molar-refractivity contribution in [1.29, 1.82) is 0 Å². The molecule has 0 aliphatic heterocycles. The Balaban J connectivity index is 3.09. The van der Waals surface area contributed by atoms with Crippen LogP contribution in [0.25, 0.3) is 0 Å². The Morgan fingerprint density at radius 2 is 1.71 bits per heavy atom. The zero-order valence-corrected chi connectivity index (χ0v) is 7.68. The summed E-state index contributed by atoms with van der Waals surface area (Å²) in [5.41, 5.74) is 7.02. The third-order valence-electron chi connectivity index (χ3n) is 1.78. The Hall–Kier alpha value is -2.04. The summed E-state index contributed by atoms with van der Waals surface area (Å²) in [6.07, 6.45) is 0. The number of hydrogen-bond donors (Lipinski definition) is 3. The maximum Gasteiger partial charge on any atom is 0.192 e. The van der Waals surface area contributed by atoms with E-state index < -0.39 is 0 Å². The van der Waals surface area contributed by atoms with E-state index >= 15 is 0 Å². The molecule has 0 fully saturated rings. The average Bonchev–Trinajstić information content (AvgIpc) is 2.21. The van der Waals surface area contributed by atoms with Crippen molar-refractivity contribution in [2.75, 3.05) is 0 Å². The van der Waals surface area contributed by atoms with Gasteiger partial charge in [-0.1, -0.05) is 40.1 Å². The van der Waals surface area contributed by atoms with Crippen LogP contribution in [-0.2, 0) is 0 Å². The first-order chi connectivity index (χ1) is 6.69. The van der Waals surface area contributed by atoms with Crippen LogP contribution < -0.4 is 5.73 Å². The van der Waals surface area contributed by atoms with Gasteiger partial charge in [-0.2, -0.15) is 0 Å². The first kappa shape index (κ1) is 10.0. The first-order valence-electron chi connectivity index (χ1n) is 3.96. The van der Waals surface area contributed by atoms with Gasteiger partial charge < -0.3 is 16.1 Å². The summed E-state index contributed by atoms with van der Waals surface area (Å²) in [5, 5.41) is 22.8. The Kier molecular flexibility index (Phi) is 3.06. The Bertz CT molecular complexity index is 368. The van der Waals surface area contributed by atoms with E-state index in [1.807, 2.05) is 19.1 Å². The second-order valence-corrected chi connectivity index (χ2v) is 2.80. The maximum atomic E-state index is 8.67. The largest absolute Gasteiger partial charge is 0.410 e. The fourth-order valence-corrected chi connectivity index (χ4v) is 1.02. The highest BCUT2D eigenvalue weighted by Gasteiger charge is 2.08. The van der Waals surface area contributed by atoms with E-state index in [1.54, 1.807) is 12.1 Å². The fraction of sp³-hybridized carbons (Fsp3) is 0.111. The van der Waals surface area contributed by atoms with Crippen LogP contribution in [0.4, 0.5) is 0 Å². The van der Waals surface area contributed by atoms with Crippen LogP contribution in [0, 0.1) is 6.92 Å². The molecule has 14 heavy (non-hydrogen) atoms. The van der Waals surface area contributed by atoms with Crippen LogP contribution in [-0.4, -0.2) is 22.0 Å². The number of oxime groups is 2. The van der Waals surface area contributed by atoms with Crippen molar-refractivity contribution in [1.82, 2.24) is 0 Å². The second-order valence-electron chi connectivity index (χ2n) is 2.80. The first-order valence-corrected chi connectivity index (χ1v) is 3.96. The monoisotopic (exact) mass is 193 g/mol. The minimum Gasteiger partial charge on any atom is -0.410 e. The minimum absolute atomic E-state index is 0.0486. The van der Waals surface area contributed by atoms with Gasteiger partial charge in [0.15, 0.2) is 11.5 Å². The summed E-state index contributed by atoms with van der Waals surface area (Å²) in [5.74, 6) is -0.226. The molecule has 0 atom stereocenters. The van der Waals surface area contributed by atoms with E-state index in [9.17, 15) is 0 Å². The molecule has 0 unspecified atom stereocenters. The minimum atomic E-state index is -0.226. The summed E-state index contributed by atoms with van der Waals surface area (Å²) in [4.78, 5) is 0. The number of amidine groups is 1. The average molecular weight is 193 g/mol. The molecular weight excluding hydrogens is 182 g/mol. The van der Waals surface area contributed by atoms with Gasteiger partial charge in [-0.15, -0.1) is 0 Å². The third-order valence-corrected chi connectivity index (χ3v) is 1.78. The molecule has 1 aromatic rings. The molecule has 1 aromatic carbocycles. The lowest BCUT2D eigenvalue weighted by Crippen LogP contribution is -2.24. The highest BCUT2D eigenvalue weighted by Crippen LogP contribution is 2.04. The van der Waals surface area contributed by atoms with Crippen LogP contribution >= 0.6 is 0 Å². The molecule has 0 aromatic heterocycles. The molecule has 0 aliphatic rings. The van der Waals surface area contributed by atoms with Gasteiger partial charge >= 0.3 is 0 Å². The van der Waals surface area contributed by atoms with E-state index in [1.165, 1.54) is 0 Å². The van der Waals surface area contributed by atoms with Gasteiger partial charge in [-0.25, -0.2) is 0 Å². The van der Waals surface area contributed by atoms with Gasteiger partial charge in [0.2, 0.25) is 0 Å². The van der Waals surface area contributed by atoms with Crippen LogP contribution in [0.1, 0.15) is 11.1 Å². The number of nitrogens with two attached hydrogens (primary N) is 1. The van der Waals surface area contributed by atoms with E-state index in [4.69, 9.17) is 16.1 Å². The molecule has 0 radical (unpaired) electrons. The topological polar surface area (TPSA) is 91.2 Å². The molecule has 0 amide bonds. The van der Waals surface area contributed by atoms with E-state index in [0.717, 1.165) is 5.56 Å².